The van der Waals surface area contributed by atoms with Crippen LogP contribution in [0.15, 0.2) is 42.6 Å². The molecule has 1 fully saturated rings. The molecule has 1 saturated heterocycles. The Bertz CT molecular complexity index is 777. The molecule has 7 heteroatoms. The number of esters is 1. The van der Waals surface area contributed by atoms with Crippen molar-refractivity contribution in [2.24, 2.45) is 5.92 Å². The molecular weight excluding hydrogens is 356 g/mol. The first-order valence-corrected chi connectivity index (χ1v) is 8.75. The van der Waals surface area contributed by atoms with Gasteiger partial charge in [-0.05, 0) is 37.3 Å². The lowest BCUT2D eigenvalue weighted by Gasteiger charge is -2.17. The predicted molar refractivity (Wildman–Crippen MR) is 97.1 cm³/mol. The van der Waals surface area contributed by atoms with E-state index in [1.165, 1.54) is 0 Å². The monoisotopic (exact) mass is 374 g/mol. The van der Waals surface area contributed by atoms with Gasteiger partial charge in [0.15, 0.2) is 0 Å². The fourth-order valence-electron chi connectivity index (χ4n) is 2.77. The number of benzene rings is 1. The number of anilines is 1. The minimum atomic E-state index is -0.477. The van der Waals surface area contributed by atoms with E-state index in [0.29, 0.717) is 18.3 Å². The number of hydrogen-bond acceptors (Lipinski definition) is 5. The van der Waals surface area contributed by atoms with Crippen LogP contribution in [-0.2, 0) is 20.9 Å². The molecule has 0 N–H and O–H groups in total. The smallest absolute Gasteiger partial charge is 0.311 e. The molecule has 0 bridgehead atoms. The predicted octanol–water partition coefficient (Wildman–Crippen LogP) is 3.23. The highest BCUT2D eigenvalue weighted by atomic mass is 35.5. The molecule has 1 atom stereocenters. The first kappa shape index (κ1) is 18.2. The van der Waals surface area contributed by atoms with Gasteiger partial charge in [-0.2, -0.15) is 0 Å². The second kappa shape index (κ2) is 8.19. The van der Waals surface area contributed by atoms with E-state index >= 15 is 0 Å². The van der Waals surface area contributed by atoms with Crippen molar-refractivity contribution >= 4 is 29.2 Å². The molecular formula is C19H19ClN2O4. The third-order valence-electron chi connectivity index (χ3n) is 4.09. The molecule has 0 saturated carbocycles. The average molecular weight is 375 g/mol. The third kappa shape index (κ3) is 4.32. The van der Waals surface area contributed by atoms with E-state index in [2.05, 4.69) is 4.98 Å². The summed E-state index contributed by atoms with van der Waals surface area (Å²) in [5.74, 6) is -0.212. The molecule has 3 rings (SSSR count). The molecule has 0 aliphatic carbocycles. The summed E-state index contributed by atoms with van der Waals surface area (Å²) >= 11 is 5.73. The third-order valence-corrected chi connectivity index (χ3v) is 4.31. The highest BCUT2D eigenvalue weighted by molar-refractivity contribution is 6.29. The van der Waals surface area contributed by atoms with Crippen LogP contribution in [0, 0.1) is 5.92 Å². The van der Waals surface area contributed by atoms with Gasteiger partial charge in [0, 0.05) is 30.4 Å². The zero-order chi connectivity index (χ0) is 18.5. The molecule has 1 aromatic heterocycles. The summed E-state index contributed by atoms with van der Waals surface area (Å²) < 4.78 is 10.7. The summed E-state index contributed by atoms with van der Waals surface area (Å²) in [5.41, 5.74) is 1.49. The van der Waals surface area contributed by atoms with E-state index in [0.717, 1.165) is 17.0 Å². The van der Waals surface area contributed by atoms with Gasteiger partial charge < -0.3 is 14.4 Å². The van der Waals surface area contributed by atoms with Gasteiger partial charge in [-0.15, -0.1) is 0 Å². The molecule has 1 aliphatic rings. The van der Waals surface area contributed by atoms with Gasteiger partial charge in [0.2, 0.25) is 5.91 Å². The normalized spacial score (nSPS) is 16.6. The number of nitrogens with zero attached hydrogens (tertiary/aromatic N) is 2. The Balaban J connectivity index is 1.57. The number of halogens is 1. The van der Waals surface area contributed by atoms with Crippen molar-refractivity contribution in [2.75, 3.05) is 18.1 Å². The fourth-order valence-corrected chi connectivity index (χ4v) is 2.88. The Kier molecular flexibility index (Phi) is 5.73. The first-order valence-electron chi connectivity index (χ1n) is 8.37. The molecule has 1 unspecified atom stereocenters. The maximum Gasteiger partial charge on any atom is 0.311 e. The van der Waals surface area contributed by atoms with Crippen LogP contribution in [0.4, 0.5) is 5.69 Å². The lowest BCUT2D eigenvalue weighted by atomic mass is 10.1. The molecule has 1 aliphatic heterocycles. The van der Waals surface area contributed by atoms with Gasteiger partial charge in [-0.3, -0.25) is 9.59 Å². The van der Waals surface area contributed by atoms with Crippen LogP contribution in [0.3, 0.4) is 0 Å². The number of amides is 1. The van der Waals surface area contributed by atoms with Crippen LogP contribution in [0.1, 0.15) is 18.9 Å². The average Bonchev–Trinajstić information content (AvgIpc) is 3.04. The Morgan fingerprint density at radius 2 is 2.04 bits per heavy atom. The fraction of sp³-hybridized carbons (Fsp3) is 0.316. The number of ether oxygens (including phenoxy) is 2. The molecule has 2 aromatic rings. The second-order valence-electron chi connectivity index (χ2n) is 5.93. The Morgan fingerprint density at radius 3 is 2.69 bits per heavy atom. The molecule has 2 heterocycles. The number of pyridine rings is 1. The molecule has 26 heavy (non-hydrogen) atoms. The minimum Gasteiger partial charge on any atom is -0.494 e. The van der Waals surface area contributed by atoms with E-state index in [4.69, 9.17) is 21.1 Å². The van der Waals surface area contributed by atoms with Crippen molar-refractivity contribution in [3.8, 4) is 5.75 Å². The molecule has 0 radical (unpaired) electrons. The van der Waals surface area contributed by atoms with E-state index in [1.807, 2.05) is 31.2 Å². The van der Waals surface area contributed by atoms with E-state index in [9.17, 15) is 9.59 Å². The lowest BCUT2D eigenvalue weighted by Crippen LogP contribution is -2.26. The van der Waals surface area contributed by atoms with Crippen LogP contribution in [0.25, 0.3) is 0 Å². The number of carbonyl (C=O) groups excluding carboxylic acids is 2. The van der Waals surface area contributed by atoms with Crippen molar-refractivity contribution in [1.82, 2.24) is 4.98 Å². The van der Waals surface area contributed by atoms with Gasteiger partial charge in [0.1, 0.15) is 17.5 Å². The van der Waals surface area contributed by atoms with E-state index < -0.39 is 5.92 Å². The van der Waals surface area contributed by atoms with Gasteiger partial charge in [-0.1, -0.05) is 17.7 Å². The SMILES string of the molecule is CCOc1ccc(N2CC(C(=O)OCc3ccc(Cl)nc3)CC2=O)cc1. The Labute approximate surface area is 156 Å². The highest BCUT2D eigenvalue weighted by Crippen LogP contribution is 2.27. The van der Waals surface area contributed by atoms with Gasteiger partial charge in [-0.25, -0.2) is 4.98 Å². The van der Waals surface area contributed by atoms with Crippen molar-refractivity contribution in [3.63, 3.8) is 0 Å². The van der Waals surface area contributed by atoms with E-state index in [1.54, 1.807) is 23.2 Å². The number of aromatic nitrogens is 1. The molecule has 0 spiro atoms. The van der Waals surface area contributed by atoms with Crippen LogP contribution in [0.2, 0.25) is 5.15 Å². The summed E-state index contributed by atoms with van der Waals surface area (Å²) in [6.45, 7) is 2.91. The first-order chi connectivity index (χ1) is 12.6. The van der Waals surface area contributed by atoms with Crippen molar-refractivity contribution < 1.29 is 19.1 Å². The van der Waals surface area contributed by atoms with Crippen molar-refractivity contribution in [1.29, 1.82) is 0 Å². The van der Waals surface area contributed by atoms with E-state index in [-0.39, 0.29) is 24.9 Å². The lowest BCUT2D eigenvalue weighted by molar-refractivity contribution is -0.149. The number of hydrogen-bond donors (Lipinski definition) is 0. The molecule has 1 amide bonds. The maximum absolute atomic E-state index is 12.3. The molecule has 6 nitrogen and oxygen atoms in total. The molecule has 136 valence electrons. The highest BCUT2D eigenvalue weighted by Gasteiger charge is 2.36. The van der Waals surface area contributed by atoms with Gasteiger partial charge in [0.05, 0.1) is 12.5 Å². The minimum absolute atomic E-state index is 0.0933. The van der Waals surface area contributed by atoms with Gasteiger partial charge in [0.25, 0.3) is 0 Å². The maximum atomic E-state index is 12.3. The Morgan fingerprint density at radius 1 is 1.27 bits per heavy atom. The summed E-state index contributed by atoms with van der Waals surface area (Å²) in [6, 6.07) is 10.6. The van der Waals surface area contributed by atoms with Crippen LogP contribution >= 0.6 is 11.6 Å². The van der Waals surface area contributed by atoms with Gasteiger partial charge >= 0.3 is 5.97 Å². The quantitative estimate of drug-likeness (QED) is 0.573. The van der Waals surface area contributed by atoms with Crippen LogP contribution < -0.4 is 9.64 Å². The zero-order valence-electron chi connectivity index (χ0n) is 14.4. The molecule has 1 aromatic carbocycles. The van der Waals surface area contributed by atoms with Crippen molar-refractivity contribution in [2.45, 2.75) is 20.0 Å². The standard InChI is InChI=1S/C19H19ClN2O4/c1-2-25-16-6-4-15(5-7-16)22-11-14(9-18(22)23)19(24)26-12-13-3-8-17(20)21-10-13/h3-8,10,14H,2,9,11-12H2,1H3. The largest absolute Gasteiger partial charge is 0.494 e. The second-order valence-corrected chi connectivity index (χ2v) is 6.32. The summed E-state index contributed by atoms with van der Waals surface area (Å²) in [7, 11) is 0. The van der Waals surface area contributed by atoms with Crippen LogP contribution in [-0.4, -0.2) is 30.0 Å². The Hall–Kier alpha value is -2.60. The summed E-state index contributed by atoms with van der Waals surface area (Å²) in [6.07, 6.45) is 1.70. The zero-order valence-corrected chi connectivity index (χ0v) is 15.1. The number of carbonyl (C=O) groups is 2. The number of rotatable bonds is 6. The van der Waals surface area contributed by atoms with Crippen molar-refractivity contribution in [3.05, 3.63) is 53.3 Å². The topological polar surface area (TPSA) is 68.7 Å². The summed E-state index contributed by atoms with van der Waals surface area (Å²) in [5, 5.41) is 0.382. The van der Waals surface area contributed by atoms with Crippen LogP contribution in [0.5, 0.6) is 5.75 Å². The summed E-state index contributed by atoms with van der Waals surface area (Å²) in [4.78, 5) is 30.1.